The molecule has 0 saturated carbocycles. The minimum Gasteiger partial charge on any atom is -0.508 e. The van der Waals surface area contributed by atoms with Gasteiger partial charge in [-0.05, 0) is 19.1 Å². The molecule has 0 unspecified atom stereocenters. The predicted molar refractivity (Wildman–Crippen MR) is 56.9 cm³/mol. The lowest BCUT2D eigenvalue weighted by Gasteiger charge is -2.14. The van der Waals surface area contributed by atoms with Gasteiger partial charge in [0, 0.05) is 19.7 Å². The number of hydrogen-bond donors (Lipinski definition) is 1. The Hall–Kier alpha value is -1.71. The summed E-state index contributed by atoms with van der Waals surface area (Å²) in [4.78, 5) is 12.9. The van der Waals surface area contributed by atoms with Crippen LogP contribution in [0.1, 0.15) is 6.92 Å². The number of nitrogens with zero attached hydrogens (tertiary/aromatic N) is 1. The number of rotatable bonds is 4. The molecule has 0 fully saturated rings. The van der Waals surface area contributed by atoms with Crippen molar-refractivity contribution in [3.05, 3.63) is 24.3 Å². The molecule has 1 aromatic carbocycles. The number of phenolic OH excluding ortho intramolecular Hbond substituents is 1. The van der Waals surface area contributed by atoms with Gasteiger partial charge in [-0.3, -0.25) is 4.79 Å². The highest BCUT2D eigenvalue weighted by atomic mass is 16.5. The summed E-state index contributed by atoms with van der Waals surface area (Å²) in [6.07, 6.45) is 0. The van der Waals surface area contributed by atoms with Crippen LogP contribution in [-0.4, -0.2) is 36.1 Å². The van der Waals surface area contributed by atoms with Gasteiger partial charge in [0.1, 0.15) is 11.5 Å². The summed E-state index contributed by atoms with van der Waals surface area (Å²) < 4.78 is 5.22. The van der Waals surface area contributed by atoms with Crippen LogP contribution < -0.4 is 4.74 Å². The van der Waals surface area contributed by atoms with Gasteiger partial charge >= 0.3 is 0 Å². The molecule has 0 aliphatic carbocycles. The number of ether oxygens (including phenoxy) is 1. The molecule has 1 N–H and O–H groups in total. The fraction of sp³-hybridized carbons (Fsp3) is 0.364. The van der Waals surface area contributed by atoms with Crippen molar-refractivity contribution < 1.29 is 14.6 Å². The minimum absolute atomic E-state index is 0.00616. The van der Waals surface area contributed by atoms with Gasteiger partial charge in [0.05, 0.1) is 0 Å². The summed E-state index contributed by atoms with van der Waals surface area (Å²) in [5.41, 5.74) is 0. The van der Waals surface area contributed by atoms with Crippen LogP contribution in [0.2, 0.25) is 0 Å². The van der Waals surface area contributed by atoms with E-state index in [2.05, 4.69) is 0 Å². The lowest BCUT2D eigenvalue weighted by atomic mass is 10.3. The van der Waals surface area contributed by atoms with Crippen LogP contribution in [0.15, 0.2) is 24.3 Å². The number of likely N-dealkylation sites (N-methyl/N-ethyl adjacent to an activating group) is 1. The number of phenols is 1. The molecule has 0 radical (unpaired) electrons. The standard InChI is InChI=1S/C11H15NO3/c1-3-12(2)11(14)8-15-10-6-4-5-9(13)7-10/h4-7,13H,3,8H2,1-2H3. The van der Waals surface area contributed by atoms with Crippen molar-refractivity contribution in [3.8, 4) is 11.5 Å². The molecule has 0 bridgehead atoms. The first-order valence-electron chi connectivity index (χ1n) is 4.79. The topological polar surface area (TPSA) is 49.8 Å². The summed E-state index contributed by atoms with van der Waals surface area (Å²) in [6, 6.07) is 6.38. The maximum absolute atomic E-state index is 11.4. The summed E-state index contributed by atoms with van der Waals surface area (Å²) in [5.74, 6) is 0.539. The highest BCUT2D eigenvalue weighted by molar-refractivity contribution is 5.77. The van der Waals surface area contributed by atoms with Crippen LogP contribution in [0, 0.1) is 0 Å². The zero-order valence-electron chi connectivity index (χ0n) is 8.93. The van der Waals surface area contributed by atoms with Gasteiger partial charge in [-0.2, -0.15) is 0 Å². The third-order valence-corrected chi connectivity index (χ3v) is 2.08. The third-order valence-electron chi connectivity index (χ3n) is 2.08. The maximum atomic E-state index is 11.4. The van der Waals surface area contributed by atoms with Crippen molar-refractivity contribution in [1.29, 1.82) is 0 Å². The molecule has 4 nitrogen and oxygen atoms in total. The summed E-state index contributed by atoms with van der Waals surface area (Å²) >= 11 is 0. The maximum Gasteiger partial charge on any atom is 0.260 e. The first-order valence-corrected chi connectivity index (χ1v) is 4.79. The van der Waals surface area contributed by atoms with Crippen molar-refractivity contribution in [2.24, 2.45) is 0 Å². The summed E-state index contributed by atoms with van der Waals surface area (Å²) in [5, 5.41) is 9.16. The van der Waals surface area contributed by atoms with Crippen molar-refractivity contribution >= 4 is 5.91 Å². The average Bonchev–Trinajstić information content (AvgIpc) is 2.25. The Kier molecular flexibility index (Phi) is 3.97. The molecular weight excluding hydrogens is 194 g/mol. The molecule has 1 aromatic rings. The minimum atomic E-state index is -0.0826. The van der Waals surface area contributed by atoms with Crippen LogP contribution in [0.3, 0.4) is 0 Å². The average molecular weight is 209 g/mol. The molecule has 1 rings (SSSR count). The van der Waals surface area contributed by atoms with Crippen LogP contribution >= 0.6 is 0 Å². The number of carbonyl (C=O) groups excluding carboxylic acids is 1. The largest absolute Gasteiger partial charge is 0.508 e. The lowest BCUT2D eigenvalue weighted by Crippen LogP contribution is -2.31. The highest BCUT2D eigenvalue weighted by Crippen LogP contribution is 2.17. The zero-order chi connectivity index (χ0) is 11.3. The van der Waals surface area contributed by atoms with E-state index in [9.17, 15) is 4.79 Å². The third kappa shape index (κ3) is 3.50. The van der Waals surface area contributed by atoms with Crippen LogP contribution in [0.5, 0.6) is 11.5 Å². The first-order chi connectivity index (χ1) is 7.13. The van der Waals surface area contributed by atoms with Crippen LogP contribution in [0.25, 0.3) is 0 Å². The van der Waals surface area contributed by atoms with E-state index in [0.29, 0.717) is 12.3 Å². The summed E-state index contributed by atoms with van der Waals surface area (Å²) in [7, 11) is 1.72. The Morgan fingerprint density at radius 2 is 2.27 bits per heavy atom. The molecule has 0 saturated heterocycles. The van der Waals surface area contributed by atoms with Crippen molar-refractivity contribution in [2.75, 3.05) is 20.2 Å². The fourth-order valence-electron chi connectivity index (χ4n) is 1.00. The Labute approximate surface area is 89.1 Å². The van der Waals surface area contributed by atoms with Crippen molar-refractivity contribution in [1.82, 2.24) is 4.90 Å². The molecule has 1 amide bonds. The van der Waals surface area contributed by atoms with Crippen molar-refractivity contribution in [2.45, 2.75) is 6.92 Å². The second kappa shape index (κ2) is 5.24. The smallest absolute Gasteiger partial charge is 0.260 e. The Morgan fingerprint density at radius 3 is 2.87 bits per heavy atom. The molecule has 15 heavy (non-hydrogen) atoms. The van der Waals surface area contributed by atoms with Gasteiger partial charge in [-0.25, -0.2) is 0 Å². The second-order valence-electron chi connectivity index (χ2n) is 3.19. The van der Waals surface area contributed by atoms with E-state index in [1.54, 1.807) is 30.1 Å². The number of benzene rings is 1. The van der Waals surface area contributed by atoms with Gasteiger partial charge in [-0.1, -0.05) is 6.07 Å². The van der Waals surface area contributed by atoms with E-state index >= 15 is 0 Å². The molecule has 0 aliphatic heterocycles. The SMILES string of the molecule is CCN(C)C(=O)COc1cccc(O)c1. The highest BCUT2D eigenvalue weighted by Gasteiger charge is 2.07. The number of hydrogen-bond acceptors (Lipinski definition) is 3. The molecule has 4 heteroatoms. The van der Waals surface area contributed by atoms with Crippen LogP contribution in [-0.2, 0) is 4.79 Å². The molecular formula is C11H15NO3. The monoisotopic (exact) mass is 209 g/mol. The molecule has 0 atom stereocenters. The molecule has 0 aromatic heterocycles. The van der Waals surface area contributed by atoms with E-state index in [1.807, 2.05) is 6.92 Å². The molecule has 0 aliphatic rings. The normalized spacial score (nSPS) is 9.73. The predicted octanol–water partition coefficient (Wildman–Crippen LogP) is 1.25. The Bertz CT molecular complexity index is 338. The van der Waals surface area contributed by atoms with E-state index in [1.165, 1.54) is 6.07 Å². The van der Waals surface area contributed by atoms with Gasteiger partial charge in [-0.15, -0.1) is 0 Å². The van der Waals surface area contributed by atoms with Crippen LogP contribution in [0.4, 0.5) is 0 Å². The van der Waals surface area contributed by atoms with Gasteiger partial charge in [0.2, 0.25) is 0 Å². The van der Waals surface area contributed by atoms with Crippen molar-refractivity contribution in [3.63, 3.8) is 0 Å². The van der Waals surface area contributed by atoms with Gasteiger partial charge < -0.3 is 14.7 Å². The van der Waals surface area contributed by atoms with E-state index < -0.39 is 0 Å². The van der Waals surface area contributed by atoms with E-state index in [0.717, 1.165) is 0 Å². The zero-order valence-corrected chi connectivity index (χ0v) is 8.93. The quantitative estimate of drug-likeness (QED) is 0.811. The lowest BCUT2D eigenvalue weighted by molar-refractivity contribution is -0.131. The number of carbonyl (C=O) groups is 1. The van der Waals surface area contributed by atoms with Gasteiger partial charge in [0.25, 0.3) is 5.91 Å². The number of aromatic hydroxyl groups is 1. The Balaban J connectivity index is 2.47. The molecule has 0 spiro atoms. The summed E-state index contributed by atoms with van der Waals surface area (Å²) in [6.45, 7) is 2.54. The first kappa shape index (κ1) is 11.4. The molecule has 82 valence electrons. The molecule has 0 heterocycles. The second-order valence-corrected chi connectivity index (χ2v) is 3.19. The van der Waals surface area contributed by atoms with E-state index in [-0.39, 0.29) is 18.3 Å². The Morgan fingerprint density at radius 1 is 1.53 bits per heavy atom. The number of amides is 1. The fourth-order valence-corrected chi connectivity index (χ4v) is 1.00. The van der Waals surface area contributed by atoms with E-state index in [4.69, 9.17) is 9.84 Å². The van der Waals surface area contributed by atoms with Gasteiger partial charge in [0.15, 0.2) is 6.61 Å².